The van der Waals surface area contributed by atoms with Crippen molar-refractivity contribution < 1.29 is 0 Å². The predicted molar refractivity (Wildman–Crippen MR) is 119 cm³/mol. The Morgan fingerprint density at radius 2 is 2.00 bits per heavy atom. The van der Waals surface area contributed by atoms with Crippen LogP contribution in [0.1, 0.15) is 51.6 Å². The molecule has 6 heteroatoms. The lowest BCUT2D eigenvalue weighted by Crippen LogP contribution is -2.18. The molecule has 1 fully saturated rings. The molecule has 0 unspecified atom stereocenters. The van der Waals surface area contributed by atoms with E-state index < -0.39 is 0 Å². The molecule has 28 heavy (non-hydrogen) atoms. The van der Waals surface area contributed by atoms with Gasteiger partial charge in [0.1, 0.15) is 10.8 Å². The van der Waals surface area contributed by atoms with Gasteiger partial charge in [-0.1, -0.05) is 31.9 Å². The molecule has 0 radical (unpaired) electrons. The van der Waals surface area contributed by atoms with Gasteiger partial charge in [0, 0.05) is 12.6 Å². The first kappa shape index (κ1) is 19.1. The highest BCUT2D eigenvalue weighted by atomic mass is 32.1. The molecule has 2 heterocycles. The highest BCUT2D eigenvalue weighted by Crippen LogP contribution is 2.36. The van der Waals surface area contributed by atoms with E-state index >= 15 is 0 Å². The van der Waals surface area contributed by atoms with Gasteiger partial charge in [-0.05, 0) is 51.2 Å². The summed E-state index contributed by atoms with van der Waals surface area (Å²) in [4.78, 5) is 14.5. The van der Waals surface area contributed by atoms with Crippen molar-refractivity contribution in [2.24, 2.45) is 5.92 Å². The molecule has 4 rings (SSSR count). The number of hydrogen-bond donors (Lipinski definition) is 2. The van der Waals surface area contributed by atoms with Crippen molar-refractivity contribution in [2.75, 3.05) is 17.2 Å². The summed E-state index contributed by atoms with van der Waals surface area (Å²) in [5.41, 5.74) is 3.03. The molecule has 2 N–H and O–H groups in total. The van der Waals surface area contributed by atoms with Crippen LogP contribution in [0.25, 0.3) is 20.8 Å². The zero-order valence-corrected chi connectivity index (χ0v) is 17.8. The highest BCUT2D eigenvalue weighted by molar-refractivity contribution is 7.21. The van der Waals surface area contributed by atoms with E-state index in [1.54, 1.807) is 11.3 Å². The van der Waals surface area contributed by atoms with Crippen molar-refractivity contribution in [3.8, 4) is 10.6 Å². The largest absolute Gasteiger partial charge is 0.367 e. The number of fused-ring (bicyclic) bond motifs is 1. The van der Waals surface area contributed by atoms with Crippen molar-refractivity contribution in [2.45, 2.75) is 58.9 Å². The average Bonchev–Trinajstić information content (AvgIpc) is 3.41. The summed E-state index contributed by atoms with van der Waals surface area (Å²) in [5, 5.41) is 8.06. The first-order chi connectivity index (χ1) is 13.6. The number of thiazole rings is 1. The van der Waals surface area contributed by atoms with Gasteiger partial charge in [-0.3, -0.25) is 0 Å². The Bertz CT molecular complexity index is 914. The van der Waals surface area contributed by atoms with E-state index in [1.807, 2.05) is 6.07 Å². The van der Waals surface area contributed by atoms with Gasteiger partial charge in [0.2, 0.25) is 5.95 Å². The Morgan fingerprint density at radius 3 is 2.75 bits per heavy atom. The number of unbranched alkanes of at least 4 members (excludes halogenated alkanes) is 1. The van der Waals surface area contributed by atoms with Crippen molar-refractivity contribution in [1.29, 1.82) is 0 Å². The third kappa shape index (κ3) is 4.43. The van der Waals surface area contributed by atoms with Crippen LogP contribution in [0.15, 0.2) is 24.3 Å². The molecule has 5 nitrogen and oxygen atoms in total. The van der Waals surface area contributed by atoms with Crippen molar-refractivity contribution >= 4 is 33.3 Å². The second-order valence-electron chi connectivity index (χ2n) is 7.85. The molecule has 2 aromatic heterocycles. The summed E-state index contributed by atoms with van der Waals surface area (Å²) in [6.45, 7) is 7.48. The number of para-hydroxylation sites is 1. The fraction of sp³-hybridized carbons (Fsp3) is 0.500. The average molecular weight is 396 g/mol. The van der Waals surface area contributed by atoms with Gasteiger partial charge in [-0.15, -0.1) is 11.3 Å². The first-order valence-electron chi connectivity index (χ1n) is 10.4. The van der Waals surface area contributed by atoms with Crippen LogP contribution in [0, 0.1) is 12.8 Å². The topological polar surface area (TPSA) is 62.7 Å². The highest BCUT2D eigenvalue weighted by Gasteiger charge is 2.22. The monoisotopic (exact) mass is 395 g/mol. The van der Waals surface area contributed by atoms with Crippen molar-refractivity contribution in [1.82, 2.24) is 15.0 Å². The van der Waals surface area contributed by atoms with E-state index in [4.69, 9.17) is 15.0 Å². The minimum Gasteiger partial charge on any atom is -0.367 e. The van der Waals surface area contributed by atoms with Crippen LogP contribution in [0.3, 0.4) is 0 Å². The zero-order valence-electron chi connectivity index (χ0n) is 17.0. The number of nitrogens with one attached hydrogen (secondary N) is 2. The number of aromatic nitrogens is 3. The Balaban J connectivity index is 1.69. The smallest absolute Gasteiger partial charge is 0.224 e. The van der Waals surface area contributed by atoms with Gasteiger partial charge >= 0.3 is 0 Å². The Kier molecular flexibility index (Phi) is 5.76. The molecular formula is C22H29N5S. The van der Waals surface area contributed by atoms with Crippen molar-refractivity contribution in [3.05, 3.63) is 30.0 Å². The number of aryl methyl sites for hydroxylation is 1. The molecule has 1 saturated carbocycles. The second-order valence-corrected chi connectivity index (χ2v) is 8.89. The minimum atomic E-state index is 0.360. The quantitative estimate of drug-likeness (QED) is 0.474. The molecule has 0 bridgehead atoms. The Hall–Kier alpha value is -2.21. The lowest BCUT2D eigenvalue weighted by Gasteiger charge is -2.18. The Morgan fingerprint density at radius 1 is 1.18 bits per heavy atom. The lowest BCUT2D eigenvalue weighted by molar-refractivity contribution is 0.643. The summed E-state index contributed by atoms with van der Waals surface area (Å²) < 4.78 is 1.19. The van der Waals surface area contributed by atoms with E-state index in [9.17, 15) is 0 Å². The van der Waals surface area contributed by atoms with Crippen LogP contribution >= 0.6 is 11.3 Å². The molecule has 0 saturated heterocycles. The van der Waals surface area contributed by atoms with Gasteiger partial charge in [0.05, 0.1) is 21.5 Å². The van der Waals surface area contributed by atoms with Crippen LogP contribution in [0.4, 0.5) is 11.8 Å². The Labute approximate surface area is 171 Å². The summed E-state index contributed by atoms with van der Waals surface area (Å²) in [7, 11) is 0. The van der Waals surface area contributed by atoms with Crippen molar-refractivity contribution in [3.63, 3.8) is 0 Å². The van der Waals surface area contributed by atoms with E-state index in [0.29, 0.717) is 6.04 Å². The fourth-order valence-electron chi connectivity index (χ4n) is 3.37. The molecule has 0 spiro atoms. The maximum Gasteiger partial charge on any atom is 0.224 e. The van der Waals surface area contributed by atoms with E-state index in [0.717, 1.165) is 52.4 Å². The molecule has 1 atom stereocenters. The van der Waals surface area contributed by atoms with Gasteiger partial charge in [-0.25, -0.2) is 9.97 Å². The third-order valence-corrected chi connectivity index (χ3v) is 6.27. The molecule has 148 valence electrons. The van der Waals surface area contributed by atoms with Gasteiger partial charge in [-0.2, -0.15) is 4.98 Å². The number of benzene rings is 1. The molecular weight excluding hydrogens is 366 g/mol. The number of nitrogens with zero attached hydrogens (tertiary/aromatic N) is 3. The minimum absolute atomic E-state index is 0.360. The summed E-state index contributed by atoms with van der Waals surface area (Å²) in [6.07, 6.45) is 6.17. The van der Waals surface area contributed by atoms with E-state index in [2.05, 4.69) is 49.6 Å². The molecule has 0 amide bonds. The molecule has 3 aromatic rings. The van der Waals surface area contributed by atoms with E-state index in [-0.39, 0.29) is 0 Å². The van der Waals surface area contributed by atoms with Gasteiger partial charge in [0.15, 0.2) is 0 Å². The SMILES string of the molecule is CCCC[C@H](C)Nc1nc(NCC2CC2)nc(C)c1-c1nc2ccccc2s1. The zero-order chi connectivity index (χ0) is 19.5. The summed E-state index contributed by atoms with van der Waals surface area (Å²) in [6, 6.07) is 8.64. The number of hydrogen-bond acceptors (Lipinski definition) is 6. The van der Waals surface area contributed by atoms with Crippen LogP contribution in [-0.2, 0) is 0 Å². The van der Waals surface area contributed by atoms with Crippen LogP contribution < -0.4 is 10.6 Å². The maximum absolute atomic E-state index is 4.87. The molecule has 0 aliphatic heterocycles. The number of anilines is 2. The lowest BCUT2D eigenvalue weighted by atomic mass is 10.1. The molecule has 1 aliphatic rings. The van der Waals surface area contributed by atoms with Gasteiger partial charge < -0.3 is 10.6 Å². The standard InChI is InChI=1S/C22H29N5S/c1-4-5-8-14(2)24-20-19(21-26-17-9-6-7-10-18(17)28-21)15(3)25-22(27-20)23-13-16-11-12-16/h6-7,9-10,14,16H,4-5,8,11-13H2,1-3H3,(H2,23,24,25,27)/t14-/m0/s1. The fourth-order valence-corrected chi connectivity index (χ4v) is 4.43. The van der Waals surface area contributed by atoms with Crippen LogP contribution in [0.2, 0.25) is 0 Å². The number of rotatable bonds is 9. The predicted octanol–water partition coefficient (Wildman–Crippen LogP) is 5.87. The second kappa shape index (κ2) is 8.43. The summed E-state index contributed by atoms with van der Waals surface area (Å²) in [5.74, 6) is 2.40. The first-order valence-corrected chi connectivity index (χ1v) is 11.2. The normalized spacial score (nSPS) is 15.0. The van der Waals surface area contributed by atoms with Gasteiger partial charge in [0.25, 0.3) is 0 Å². The summed E-state index contributed by atoms with van der Waals surface area (Å²) >= 11 is 1.71. The molecule has 1 aliphatic carbocycles. The maximum atomic E-state index is 4.87. The third-order valence-electron chi connectivity index (χ3n) is 5.22. The van der Waals surface area contributed by atoms with E-state index in [1.165, 1.54) is 30.4 Å². The van der Waals surface area contributed by atoms with Crippen LogP contribution in [-0.4, -0.2) is 27.5 Å². The molecule has 1 aromatic carbocycles. The van der Waals surface area contributed by atoms with Crippen LogP contribution in [0.5, 0.6) is 0 Å².